The minimum absolute atomic E-state index is 0.0310. The zero-order chi connectivity index (χ0) is 20.5. The Morgan fingerprint density at radius 2 is 0.889 bits per heavy atom. The zero-order valence-corrected chi connectivity index (χ0v) is 16.1. The van der Waals surface area contributed by atoms with E-state index in [4.69, 9.17) is 27.5 Å². The predicted octanol–water partition coefficient (Wildman–Crippen LogP) is 0.888. The minimum atomic E-state index is -3.40. The van der Waals surface area contributed by atoms with Gasteiger partial charge in [-0.05, 0) is 5.70 Å². The second kappa shape index (κ2) is 14.6. The average molecular weight is 400 g/mol. The minimum Gasteiger partial charge on any atom is -0.460 e. The Balaban J connectivity index is 4.62. The highest BCUT2D eigenvalue weighted by Gasteiger charge is 2.38. The lowest BCUT2D eigenvalue weighted by molar-refractivity contribution is -0.139. The molecule has 27 heavy (non-hydrogen) atoms. The summed E-state index contributed by atoms with van der Waals surface area (Å²) in [6.07, 6.45) is 3.06. The van der Waals surface area contributed by atoms with E-state index in [0.717, 1.165) is 18.2 Å². The van der Waals surface area contributed by atoms with Crippen LogP contribution in [0, 0.1) is 0 Å². The van der Waals surface area contributed by atoms with Crippen LogP contribution >= 0.6 is 0 Å². The third-order valence-corrected chi connectivity index (χ3v) is 4.96. The van der Waals surface area contributed by atoms with Gasteiger partial charge in [-0.15, -0.1) is 0 Å². The summed E-state index contributed by atoms with van der Waals surface area (Å²) < 4.78 is 31.2. The maximum Gasteiger partial charge on any atom is 0.529 e. The number of hydrogen-bond donors (Lipinski definition) is 0. The van der Waals surface area contributed by atoms with Crippen LogP contribution in [-0.4, -0.2) is 66.4 Å². The van der Waals surface area contributed by atoms with Crippen molar-refractivity contribution in [3.8, 4) is 0 Å². The van der Waals surface area contributed by atoms with Crippen molar-refractivity contribution >= 4 is 26.7 Å². The highest BCUT2D eigenvalue weighted by Crippen LogP contribution is 2.11. The first kappa shape index (κ1) is 24.5. The van der Waals surface area contributed by atoms with Crippen molar-refractivity contribution in [1.29, 1.82) is 0 Å². The summed E-state index contributed by atoms with van der Waals surface area (Å²) >= 11 is 0. The molecule has 0 amide bonds. The van der Waals surface area contributed by atoms with Crippen molar-refractivity contribution in [2.75, 3.05) is 39.6 Å². The summed E-state index contributed by atoms with van der Waals surface area (Å²) in [7, 11) is -3.40. The number of hydrogen-bond acceptors (Lipinski definition) is 9. The van der Waals surface area contributed by atoms with Gasteiger partial charge in [0.25, 0.3) is 0 Å². The molecule has 0 unspecified atom stereocenters. The molecule has 0 heterocycles. The van der Waals surface area contributed by atoms with Gasteiger partial charge >= 0.3 is 26.7 Å². The highest BCUT2D eigenvalue weighted by atomic mass is 28.4. The summed E-state index contributed by atoms with van der Waals surface area (Å²) in [5, 5.41) is 0. The van der Waals surface area contributed by atoms with E-state index in [0.29, 0.717) is 0 Å². The van der Waals surface area contributed by atoms with Crippen LogP contribution in [0.2, 0.25) is 0 Å². The summed E-state index contributed by atoms with van der Waals surface area (Å²) in [6.45, 7) is 13.2. The molecule has 0 radical (unpaired) electrons. The van der Waals surface area contributed by atoms with Gasteiger partial charge in [0, 0.05) is 18.2 Å². The molecule has 0 aromatic heterocycles. The smallest absolute Gasteiger partial charge is 0.460 e. The number of rotatable bonds is 16. The van der Waals surface area contributed by atoms with Gasteiger partial charge in [-0.3, -0.25) is 0 Å². The van der Waals surface area contributed by atoms with Gasteiger partial charge in [0.2, 0.25) is 0 Å². The molecule has 0 aromatic rings. The quantitative estimate of drug-likeness (QED) is 0.123. The molecule has 9 nitrogen and oxygen atoms in total. The molecule has 0 saturated heterocycles. The standard InChI is InChI=1S/C17H24O9Si/c1-5-15(18)21-9-12-24-27(8-4,25-13-10-22-16(19)6-2)26-14-11-23-17(20)7-3/h5-8H,1-4,9-14H2. The first-order valence-corrected chi connectivity index (χ1v) is 9.66. The Labute approximate surface area is 159 Å². The van der Waals surface area contributed by atoms with E-state index in [1.54, 1.807) is 0 Å². The molecular weight excluding hydrogens is 376 g/mol. The van der Waals surface area contributed by atoms with Crippen LogP contribution in [0.1, 0.15) is 0 Å². The Kier molecular flexibility index (Phi) is 13.2. The monoisotopic (exact) mass is 400 g/mol. The SMILES string of the molecule is C=CC(=O)OCCO[Si](C=C)(OCCOC(=O)C=C)OCCOC(=O)C=C. The molecule has 0 saturated carbocycles. The lowest BCUT2D eigenvalue weighted by atomic mass is 10.6. The lowest BCUT2D eigenvalue weighted by Gasteiger charge is -2.26. The molecule has 0 bridgehead atoms. The molecule has 0 atom stereocenters. The van der Waals surface area contributed by atoms with Crippen molar-refractivity contribution in [3.05, 3.63) is 50.2 Å². The molecule has 10 heteroatoms. The number of carbonyl (C=O) groups is 3. The molecule has 0 spiro atoms. The molecule has 0 aliphatic heterocycles. The van der Waals surface area contributed by atoms with E-state index in [2.05, 4.69) is 26.3 Å². The van der Waals surface area contributed by atoms with Crippen molar-refractivity contribution < 1.29 is 41.9 Å². The number of carbonyl (C=O) groups excluding carboxylic acids is 3. The number of esters is 3. The van der Waals surface area contributed by atoms with E-state index >= 15 is 0 Å². The molecule has 0 N–H and O–H groups in total. The average Bonchev–Trinajstić information content (AvgIpc) is 2.70. The van der Waals surface area contributed by atoms with Gasteiger partial charge in [-0.2, -0.15) is 0 Å². The fraction of sp³-hybridized carbons (Fsp3) is 0.353. The predicted molar refractivity (Wildman–Crippen MR) is 97.3 cm³/mol. The van der Waals surface area contributed by atoms with Crippen molar-refractivity contribution in [2.45, 2.75) is 0 Å². The van der Waals surface area contributed by atoms with E-state index in [1.807, 2.05) is 0 Å². The lowest BCUT2D eigenvalue weighted by Crippen LogP contribution is -2.46. The molecule has 0 aromatic carbocycles. The maximum absolute atomic E-state index is 11.0. The Bertz CT molecular complexity index is 475. The fourth-order valence-electron chi connectivity index (χ4n) is 1.46. The molecular formula is C17H24O9Si. The van der Waals surface area contributed by atoms with Crippen LogP contribution in [0.15, 0.2) is 50.2 Å². The third-order valence-electron chi connectivity index (χ3n) is 2.64. The third kappa shape index (κ3) is 11.7. The van der Waals surface area contributed by atoms with E-state index < -0.39 is 26.7 Å². The highest BCUT2D eigenvalue weighted by molar-refractivity contribution is 6.66. The fourth-order valence-corrected chi connectivity index (χ4v) is 3.16. The molecule has 0 rings (SSSR count). The Morgan fingerprint density at radius 1 is 0.593 bits per heavy atom. The maximum atomic E-state index is 11.0. The van der Waals surface area contributed by atoms with Gasteiger partial charge in [-0.25, -0.2) is 14.4 Å². The second-order valence-corrected chi connectivity index (χ2v) is 6.95. The summed E-state index contributed by atoms with van der Waals surface area (Å²) in [5.74, 6) is -1.79. The Morgan fingerprint density at radius 3 is 1.11 bits per heavy atom. The first-order chi connectivity index (χ1) is 12.9. The van der Waals surface area contributed by atoms with Crippen LogP contribution in [0.5, 0.6) is 0 Å². The van der Waals surface area contributed by atoms with Gasteiger partial charge < -0.3 is 27.5 Å². The van der Waals surface area contributed by atoms with Crippen LogP contribution in [0.25, 0.3) is 0 Å². The van der Waals surface area contributed by atoms with Gasteiger partial charge in [-0.1, -0.05) is 26.3 Å². The van der Waals surface area contributed by atoms with Crippen LogP contribution in [-0.2, 0) is 41.9 Å². The summed E-state index contributed by atoms with van der Waals surface area (Å²) in [5.41, 5.74) is 1.35. The Hall–Kier alpha value is -2.53. The molecule has 150 valence electrons. The van der Waals surface area contributed by atoms with E-state index in [-0.39, 0.29) is 39.6 Å². The van der Waals surface area contributed by atoms with Crippen LogP contribution < -0.4 is 0 Å². The van der Waals surface area contributed by atoms with Crippen LogP contribution in [0.3, 0.4) is 0 Å². The molecule has 0 aliphatic rings. The molecule has 0 fully saturated rings. The zero-order valence-electron chi connectivity index (χ0n) is 15.1. The van der Waals surface area contributed by atoms with Crippen molar-refractivity contribution in [3.63, 3.8) is 0 Å². The summed E-state index contributed by atoms with van der Waals surface area (Å²) in [6, 6.07) is 0. The molecule has 0 aliphatic carbocycles. The van der Waals surface area contributed by atoms with Crippen molar-refractivity contribution in [1.82, 2.24) is 0 Å². The van der Waals surface area contributed by atoms with E-state index in [9.17, 15) is 14.4 Å². The van der Waals surface area contributed by atoms with E-state index in [1.165, 1.54) is 5.70 Å². The van der Waals surface area contributed by atoms with Gasteiger partial charge in [0.1, 0.15) is 19.8 Å². The number of ether oxygens (including phenoxy) is 3. The van der Waals surface area contributed by atoms with Crippen molar-refractivity contribution in [2.24, 2.45) is 0 Å². The van der Waals surface area contributed by atoms with Crippen LogP contribution in [0.4, 0.5) is 0 Å². The van der Waals surface area contributed by atoms with Gasteiger partial charge in [0.15, 0.2) is 0 Å². The normalized spacial score (nSPS) is 10.4. The second-order valence-electron chi connectivity index (χ2n) is 4.47. The summed E-state index contributed by atoms with van der Waals surface area (Å²) in [4.78, 5) is 33.1. The first-order valence-electron chi connectivity index (χ1n) is 7.86. The topological polar surface area (TPSA) is 107 Å². The van der Waals surface area contributed by atoms with Gasteiger partial charge in [0.05, 0.1) is 19.8 Å². The largest absolute Gasteiger partial charge is 0.529 e.